The number of carboxylic acids is 1. The Kier molecular flexibility index (Phi) is 5.50. The smallest absolute Gasteiger partial charge is 0.306 e. The highest BCUT2D eigenvalue weighted by Gasteiger charge is 2.33. The minimum Gasteiger partial charge on any atom is -0.481 e. The highest BCUT2D eigenvalue weighted by atomic mass is 16.4. The lowest BCUT2D eigenvalue weighted by Gasteiger charge is -2.18. The Morgan fingerprint density at radius 1 is 1.44 bits per heavy atom. The van der Waals surface area contributed by atoms with Crippen molar-refractivity contribution in [1.29, 1.82) is 0 Å². The third-order valence-electron chi connectivity index (χ3n) is 3.54. The maximum atomic E-state index is 11.2. The van der Waals surface area contributed by atoms with Crippen LogP contribution in [0.1, 0.15) is 58.3 Å². The first kappa shape index (κ1) is 13.2. The summed E-state index contributed by atoms with van der Waals surface area (Å²) in [5.74, 6) is -0.657. The summed E-state index contributed by atoms with van der Waals surface area (Å²) in [5, 5.41) is 9.17. The van der Waals surface area contributed by atoms with Crippen LogP contribution in [0, 0.1) is 11.8 Å². The molecule has 1 saturated carbocycles. The molecule has 1 rings (SSSR count). The molecular weight excluding hydrogens is 204 g/mol. The van der Waals surface area contributed by atoms with Crippen LogP contribution in [0.2, 0.25) is 0 Å². The van der Waals surface area contributed by atoms with Crippen LogP contribution in [0.15, 0.2) is 0 Å². The van der Waals surface area contributed by atoms with E-state index in [2.05, 4.69) is 6.92 Å². The highest BCUT2D eigenvalue weighted by Crippen LogP contribution is 2.32. The summed E-state index contributed by atoms with van der Waals surface area (Å²) in [6, 6.07) is 0. The summed E-state index contributed by atoms with van der Waals surface area (Å²) >= 11 is 0. The van der Waals surface area contributed by atoms with Crippen LogP contribution < -0.4 is 0 Å². The molecule has 0 radical (unpaired) electrons. The van der Waals surface area contributed by atoms with Crippen molar-refractivity contribution in [2.24, 2.45) is 11.8 Å². The number of aliphatic carboxylic acids is 1. The van der Waals surface area contributed by atoms with Crippen molar-refractivity contribution in [2.75, 3.05) is 0 Å². The molecule has 16 heavy (non-hydrogen) atoms. The van der Waals surface area contributed by atoms with Crippen LogP contribution in [0.25, 0.3) is 0 Å². The van der Waals surface area contributed by atoms with Crippen molar-refractivity contribution in [3.63, 3.8) is 0 Å². The number of rotatable bonds is 7. The molecule has 3 heteroatoms. The second-order valence-corrected chi connectivity index (χ2v) is 4.84. The Bertz CT molecular complexity index is 248. The lowest BCUT2D eigenvalue weighted by atomic mass is 9.86. The molecule has 0 amide bonds. The molecular formula is C13H22O3. The average molecular weight is 226 g/mol. The van der Waals surface area contributed by atoms with Gasteiger partial charge in [0.15, 0.2) is 0 Å². The summed E-state index contributed by atoms with van der Waals surface area (Å²) in [4.78, 5) is 22.3. The van der Waals surface area contributed by atoms with Gasteiger partial charge in [0.2, 0.25) is 0 Å². The molecule has 0 aromatic carbocycles. The lowest BCUT2D eigenvalue weighted by molar-refractivity contribution is -0.144. The van der Waals surface area contributed by atoms with Gasteiger partial charge in [-0.2, -0.15) is 0 Å². The predicted molar refractivity (Wildman–Crippen MR) is 62.2 cm³/mol. The number of unbranched alkanes of at least 4 members (excludes halogenated alkanes) is 3. The van der Waals surface area contributed by atoms with E-state index < -0.39 is 5.97 Å². The summed E-state index contributed by atoms with van der Waals surface area (Å²) in [5.41, 5.74) is 0. The molecule has 1 aliphatic rings. The SMILES string of the molecule is CCCCCCC(C(=O)O)C1CCC(=O)C1. The topological polar surface area (TPSA) is 54.4 Å². The number of hydrogen-bond acceptors (Lipinski definition) is 2. The molecule has 0 aliphatic heterocycles. The monoisotopic (exact) mass is 226 g/mol. The van der Waals surface area contributed by atoms with Gasteiger partial charge in [-0.15, -0.1) is 0 Å². The number of ketones is 1. The van der Waals surface area contributed by atoms with Crippen LogP contribution >= 0.6 is 0 Å². The van der Waals surface area contributed by atoms with E-state index in [9.17, 15) is 9.59 Å². The van der Waals surface area contributed by atoms with Gasteiger partial charge in [-0.25, -0.2) is 0 Å². The average Bonchev–Trinajstić information content (AvgIpc) is 2.64. The Morgan fingerprint density at radius 2 is 2.19 bits per heavy atom. The van der Waals surface area contributed by atoms with E-state index in [1.807, 2.05) is 0 Å². The maximum Gasteiger partial charge on any atom is 0.306 e. The largest absolute Gasteiger partial charge is 0.481 e. The number of carboxylic acid groups (broad SMARTS) is 1. The zero-order valence-corrected chi connectivity index (χ0v) is 10.1. The van der Waals surface area contributed by atoms with E-state index in [4.69, 9.17) is 5.11 Å². The first-order valence-corrected chi connectivity index (χ1v) is 6.39. The van der Waals surface area contributed by atoms with Gasteiger partial charge in [0.1, 0.15) is 5.78 Å². The summed E-state index contributed by atoms with van der Waals surface area (Å²) < 4.78 is 0. The Morgan fingerprint density at radius 3 is 2.69 bits per heavy atom. The summed E-state index contributed by atoms with van der Waals surface area (Å²) in [6.07, 6.45) is 7.04. The predicted octanol–water partition coefficient (Wildman–Crippen LogP) is 3.03. The zero-order chi connectivity index (χ0) is 12.0. The van der Waals surface area contributed by atoms with Crippen LogP contribution in [0.5, 0.6) is 0 Å². The fraction of sp³-hybridized carbons (Fsp3) is 0.846. The normalized spacial score (nSPS) is 22.3. The molecule has 3 nitrogen and oxygen atoms in total. The number of carbonyl (C=O) groups is 2. The van der Waals surface area contributed by atoms with E-state index in [0.717, 1.165) is 25.7 Å². The minimum atomic E-state index is -0.712. The second-order valence-electron chi connectivity index (χ2n) is 4.84. The van der Waals surface area contributed by atoms with Crippen LogP contribution in [0.4, 0.5) is 0 Å². The second kappa shape index (κ2) is 6.66. The standard InChI is InChI=1S/C13H22O3/c1-2-3-4-5-6-12(13(15)16)10-7-8-11(14)9-10/h10,12H,2-9H2,1H3,(H,15,16). The molecule has 0 aromatic heterocycles. The number of Topliss-reactive ketones (excluding diaryl/α,β-unsaturated/α-hetero) is 1. The van der Waals surface area contributed by atoms with Gasteiger partial charge < -0.3 is 5.11 Å². The molecule has 92 valence electrons. The fourth-order valence-electron chi connectivity index (χ4n) is 2.54. The van der Waals surface area contributed by atoms with Crippen LogP contribution in [0.3, 0.4) is 0 Å². The van der Waals surface area contributed by atoms with E-state index >= 15 is 0 Å². The van der Waals surface area contributed by atoms with E-state index in [1.165, 1.54) is 12.8 Å². The van der Waals surface area contributed by atoms with Crippen molar-refractivity contribution < 1.29 is 14.7 Å². The first-order chi connectivity index (χ1) is 7.65. The van der Waals surface area contributed by atoms with Gasteiger partial charge in [0.25, 0.3) is 0 Å². The van der Waals surface area contributed by atoms with E-state index in [0.29, 0.717) is 12.8 Å². The van der Waals surface area contributed by atoms with Gasteiger partial charge in [-0.1, -0.05) is 32.6 Å². The van der Waals surface area contributed by atoms with E-state index in [1.54, 1.807) is 0 Å². The molecule has 1 aliphatic carbocycles. The van der Waals surface area contributed by atoms with Crippen LogP contribution in [-0.2, 0) is 9.59 Å². The molecule has 1 N–H and O–H groups in total. The minimum absolute atomic E-state index is 0.103. The number of carbonyl (C=O) groups excluding carboxylic acids is 1. The van der Waals surface area contributed by atoms with Crippen molar-refractivity contribution in [1.82, 2.24) is 0 Å². The summed E-state index contributed by atoms with van der Waals surface area (Å²) in [7, 11) is 0. The lowest BCUT2D eigenvalue weighted by Crippen LogP contribution is -2.22. The van der Waals surface area contributed by atoms with Gasteiger partial charge in [-0.05, 0) is 18.8 Å². The molecule has 2 unspecified atom stereocenters. The van der Waals surface area contributed by atoms with E-state index in [-0.39, 0.29) is 17.6 Å². The van der Waals surface area contributed by atoms with Crippen molar-refractivity contribution in [3.05, 3.63) is 0 Å². The fourth-order valence-corrected chi connectivity index (χ4v) is 2.54. The van der Waals surface area contributed by atoms with Gasteiger partial charge in [0, 0.05) is 12.8 Å². The van der Waals surface area contributed by atoms with Gasteiger partial charge >= 0.3 is 5.97 Å². The molecule has 0 aromatic rings. The van der Waals surface area contributed by atoms with Crippen molar-refractivity contribution in [3.8, 4) is 0 Å². The quantitative estimate of drug-likeness (QED) is 0.679. The van der Waals surface area contributed by atoms with Crippen molar-refractivity contribution in [2.45, 2.75) is 58.3 Å². The Hall–Kier alpha value is -0.860. The van der Waals surface area contributed by atoms with Crippen molar-refractivity contribution >= 4 is 11.8 Å². The number of hydrogen-bond donors (Lipinski definition) is 1. The Labute approximate surface area is 97.2 Å². The molecule has 0 spiro atoms. The molecule has 1 fully saturated rings. The van der Waals surface area contributed by atoms with Gasteiger partial charge in [0.05, 0.1) is 5.92 Å². The Balaban J connectivity index is 2.36. The first-order valence-electron chi connectivity index (χ1n) is 6.39. The van der Waals surface area contributed by atoms with Gasteiger partial charge in [-0.3, -0.25) is 9.59 Å². The molecule has 2 atom stereocenters. The highest BCUT2D eigenvalue weighted by molar-refractivity contribution is 5.82. The zero-order valence-electron chi connectivity index (χ0n) is 10.1. The molecule has 0 saturated heterocycles. The third-order valence-corrected chi connectivity index (χ3v) is 3.54. The third kappa shape index (κ3) is 3.95. The molecule has 0 bridgehead atoms. The maximum absolute atomic E-state index is 11.2. The molecule has 0 heterocycles. The van der Waals surface area contributed by atoms with Crippen LogP contribution in [-0.4, -0.2) is 16.9 Å². The summed E-state index contributed by atoms with van der Waals surface area (Å²) in [6.45, 7) is 2.14.